The highest BCUT2D eigenvalue weighted by Gasteiger charge is 2.17. The fourth-order valence-electron chi connectivity index (χ4n) is 1.64. The van der Waals surface area contributed by atoms with Crippen molar-refractivity contribution in [2.75, 3.05) is 0 Å². The van der Waals surface area contributed by atoms with Gasteiger partial charge < -0.3 is 5.73 Å². The van der Waals surface area contributed by atoms with Crippen LogP contribution in [0.25, 0.3) is 0 Å². The minimum absolute atomic E-state index is 0.333. The van der Waals surface area contributed by atoms with Gasteiger partial charge in [0, 0.05) is 6.04 Å². The molecule has 0 rings (SSSR count). The summed E-state index contributed by atoms with van der Waals surface area (Å²) in [5.74, 6) is 3.07. The summed E-state index contributed by atoms with van der Waals surface area (Å²) >= 11 is 0. The average molecular weight is 199 g/mol. The van der Waals surface area contributed by atoms with Crippen molar-refractivity contribution in [2.45, 2.75) is 60.4 Å². The third-order valence-electron chi connectivity index (χ3n) is 3.94. The summed E-state index contributed by atoms with van der Waals surface area (Å²) in [6.45, 7) is 13.7. The van der Waals surface area contributed by atoms with Crippen LogP contribution in [-0.2, 0) is 0 Å². The zero-order chi connectivity index (χ0) is 11.3. The van der Waals surface area contributed by atoms with Crippen molar-refractivity contribution in [1.29, 1.82) is 0 Å². The lowest BCUT2D eigenvalue weighted by Gasteiger charge is -2.25. The molecule has 14 heavy (non-hydrogen) atoms. The highest BCUT2D eigenvalue weighted by Crippen LogP contribution is 2.24. The molecule has 0 aromatic rings. The molecule has 0 heterocycles. The van der Waals surface area contributed by atoms with E-state index in [1.165, 1.54) is 12.8 Å². The number of nitrogens with two attached hydrogens (primary N) is 1. The van der Waals surface area contributed by atoms with Crippen molar-refractivity contribution in [3.05, 3.63) is 0 Å². The predicted molar refractivity (Wildman–Crippen MR) is 65.2 cm³/mol. The average Bonchev–Trinajstić information content (AvgIpc) is 2.11. The molecule has 0 aliphatic carbocycles. The molecule has 0 aliphatic rings. The van der Waals surface area contributed by atoms with Crippen molar-refractivity contribution in [1.82, 2.24) is 0 Å². The summed E-state index contributed by atoms with van der Waals surface area (Å²) in [4.78, 5) is 0. The van der Waals surface area contributed by atoms with Crippen LogP contribution < -0.4 is 5.73 Å². The molecule has 1 heteroatoms. The van der Waals surface area contributed by atoms with E-state index >= 15 is 0 Å². The Kier molecular flexibility index (Phi) is 6.43. The SMILES string of the molecule is CC(C)C(C)CCC(C)C(C)C(C)N. The lowest BCUT2D eigenvalue weighted by atomic mass is 9.83. The Balaban J connectivity index is 3.78. The monoisotopic (exact) mass is 199 g/mol. The van der Waals surface area contributed by atoms with E-state index in [1.807, 2.05) is 0 Å². The first kappa shape index (κ1) is 14.0. The van der Waals surface area contributed by atoms with Crippen molar-refractivity contribution in [3.63, 3.8) is 0 Å². The van der Waals surface area contributed by atoms with E-state index in [4.69, 9.17) is 5.73 Å². The predicted octanol–water partition coefficient (Wildman–Crippen LogP) is 3.68. The third kappa shape index (κ3) is 4.99. The van der Waals surface area contributed by atoms with E-state index in [0.29, 0.717) is 12.0 Å². The van der Waals surface area contributed by atoms with E-state index in [1.54, 1.807) is 0 Å². The van der Waals surface area contributed by atoms with Crippen LogP contribution in [0.4, 0.5) is 0 Å². The highest BCUT2D eigenvalue weighted by atomic mass is 14.6. The maximum Gasteiger partial charge on any atom is 0.00386 e. The zero-order valence-corrected chi connectivity index (χ0v) is 10.9. The molecule has 0 aromatic heterocycles. The summed E-state index contributed by atoms with van der Waals surface area (Å²) in [6.07, 6.45) is 2.66. The summed E-state index contributed by atoms with van der Waals surface area (Å²) in [5, 5.41) is 0. The zero-order valence-electron chi connectivity index (χ0n) is 10.9. The number of hydrogen-bond acceptors (Lipinski definition) is 1. The molecule has 0 amide bonds. The fraction of sp³-hybridized carbons (Fsp3) is 1.00. The molecular formula is C13H29N. The second-order valence-electron chi connectivity index (χ2n) is 5.49. The molecule has 86 valence electrons. The van der Waals surface area contributed by atoms with E-state index in [2.05, 4.69) is 41.5 Å². The molecule has 0 aliphatic heterocycles. The standard InChI is InChI=1S/C13H29N/c1-9(2)10(3)7-8-11(4)12(5)13(6)14/h9-13H,7-8,14H2,1-6H3. The van der Waals surface area contributed by atoms with E-state index in [0.717, 1.165) is 17.8 Å². The van der Waals surface area contributed by atoms with Gasteiger partial charge in [0.25, 0.3) is 0 Å². The lowest BCUT2D eigenvalue weighted by molar-refractivity contribution is 0.278. The van der Waals surface area contributed by atoms with Gasteiger partial charge in [-0.3, -0.25) is 0 Å². The molecule has 0 aromatic carbocycles. The van der Waals surface area contributed by atoms with Crippen LogP contribution in [0.3, 0.4) is 0 Å². The van der Waals surface area contributed by atoms with Crippen LogP contribution in [0, 0.1) is 23.7 Å². The van der Waals surface area contributed by atoms with Gasteiger partial charge in [0.15, 0.2) is 0 Å². The Morgan fingerprint density at radius 3 is 1.57 bits per heavy atom. The highest BCUT2D eigenvalue weighted by molar-refractivity contribution is 4.71. The van der Waals surface area contributed by atoms with Crippen LogP contribution in [0.2, 0.25) is 0 Å². The Morgan fingerprint density at radius 1 is 0.786 bits per heavy atom. The molecule has 4 unspecified atom stereocenters. The van der Waals surface area contributed by atoms with Crippen molar-refractivity contribution in [3.8, 4) is 0 Å². The molecule has 4 atom stereocenters. The summed E-state index contributed by atoms with van der Waals surface area (Å²) in [5.41, 5.74) is 5.90. The van der Waals surface area contributed by atoms with Gasteiger partial charge in [0.2, 0.25) is 0 Å². The van der Waals surface area contributed by atoms with Crippen LogP contribution >= 0.6 is 0 Å². The first-order valence-electron chi connectivity index (χ1n) is 6.11. The Labute approximate surface area is 90.5 Å². The maximum absolute atomic E-state index is 5.90. The molecule has 0 saturated carbocycles. The number of rotatable bonds is 6. The van der Waals surface area contributed by atoms with Crippen LogP contribution in [-0.4, -0.2) is 6.04 Å². The Morgan fingerprint density at radius 2 is 1.21 bits per heavy atom. The Bertz CT molecular complexity index is 140. The van der Waals surface area contributed by atoms with Gasteiger partial charge in [0.1, 0.15) is 0 Å². The molecule has 2 N–H and O–H groups in total. The fourth-order valence-corrected chi connectivity index (χ4v) is 1.64. The summed E-state index contributed by atoms with van der Waals surface area (Å²) < 4.78 is 0. The van der Waals surface area contributed by atoms with Crippen molar-refractivity contribution < 1.29 is 0 Å². The second-order valence-corrected chi connectivity index (χ2v) is 5.49. The van der Waals surface area contributed by atoms with Crippen LogP contribution in [0.5, 0.6) is 0 Å². The largest absolute Gasteiger partial charge is 0.328 e. The van der Waals surface area contributed by atoms with Gasteiger partial charge in [0.05, 0.1) is 0 Å². The first-order valence-corrected chi connectivity index (χ1v) is 6.11. The molecule has 0 radical (unpaired) electrons. The molecular weight excluding hydrogens is 170 g/mol. The van der Waals surface area contributed by atoms with Crippen molar-refractivity contribution in [2.24, 2.45) is 29.4 Å². The van der Waals surface area contributed by atoms with Gasteiger partial charge in [-0.2, -0.15) is 0 Å². The van der Waals surface area contributed by atoms with Gasteiger partial charge in [-0.25, -0.2) is 0 Å². The van der Waals surface area contributed by atoms with E-state index < -0.39 is 0 Å². The quantitative estimate of drug-likeness (QED) is 0.694. The normalized spacial score (nSPS) is 20.6. The lowest BCUT2D eigenvalue weighted by Crippen LogP contribution is -2.29. The van der Waals surface area contributed by atoms with Crippen LogP contribution in [0.15, 0.2) is 0 Å². The molecule has 0 fully saturated rings. The van der Waals surface area contributed by atoms with E-state index in [-0.39, 0.29) is 0 Å². The first-order chi connectivity index (χ1) is 6.36. The maximum atomic E-state index is 5.90. The van der Waals surface area contributed by atoms with Gasteiger partial charge >= 0.3 is 0 Å². The second kappa shape index (κ2) is 6.44. The van der Waals surface area contributed by atoms with Gasteiger partial charge in [-0.05, 0) is 30.6 Å². The molecule has 0 bridgehead atoms. The molecule has 1 nitrogen and oxygen atoms in total. The van der Waals surface area contributed by atoms with Gasteiger partial charge in [-0.1, -0.05) is 47.5 Å². The molecule has 0 saturated heterocycles. The molecule has 0 spiro atoms. The minimum atomic E-state index is 0.333. The van der Waals surface area contributed by atoms with Crippen LogP contribution in [0.1, 0.15) is 54.4 Å². The Hall–Kier alpha value is -0.0400. The van der Waals surface area contributed by atoms with E-state index in [9.17, 15) is 0 Å². The summed E-state index contributed by atoms with van der Waals surface area (Å²) in [6, 6.07) is 0.333. The third-order valence-corrected chi connectivity index (χ3v) is 3.94. The minimum Gasteiger partial charge on any atom is -0.328 e. The number of hydrogen-bond donors (Lipinski definition) is 1. The topological polar surface area (TPSA) is 26.0 Å². The van der Waals surface area contributed by atoms with Crippen molar-refractivity contribution >= 4 is 0 Å². The smallest absolute Gasteiger partial charge is 0.00386 e. The van der Waals surface area contributed by atoms with Gasteiger partial charge in [-0.15, -0.1) is 0 Å². The summed E-state index contributed by atoms with van der Waals surface area (Å²) in [7, 11) is 0.